The van der Waals surface area contributed by atoms with Gasteiger partial charge in [-0.1, -0.05) is 48.5 Å². The van der Waals surface area contributed by atoms with Crippen molar-refractivity contribution < 1.29 is 19.9 Å². The van der Waals surface area contributed by atoms with Crippen LogP contribution in [0, 0.1) is 18.1 Å². The van der Waals surface area contributed by atoms with E-state index in [2.05, 4.69) is 9.69 Å². The quantitative estimate of drug-likeness (QED) is 0.437. The normalized spacial score (nSPS) is 8.08. The highest BCUT2D eigenvalue weighted by atomic mass is 16.6. The highest BCUT2D eigenvalue weighted by Crippen LogP contribution is 2.12. The van der Waals surface area contributed by atoms with Crippen molar-refractivity contribution in [2.45, 2.75) is 0 Å². The fourth-order valence-corrected chi connectivity index (χ4v) is 1.38. The minimum absolute atomic E-state index is 0.206. The third-order valence-corrected chi connectivity index (χ3v) is 2.52. The van der Waals surface area contributed by atoms with Crippen molar-refractivity contribution >= 4 is 23.3 Å². The molecule has 0 aliphatic rings. The van der Waals surface area contributed by atoms with E-state index in [9.17, 15) is 9.59 Å². The zero-order valence-corrected chi connectivity index (χ0v) is 12.7. The Labute approximate surface area is 142 Å². The number of benzene rings is 2. The van der Waals surface area contributed by atoms with Crippen LogP contribution in [0.15, 0.2) is 53.9 Å². The minimum atomic E-state index is -0.971. The maximum atomic E-state index is 10.5. The van der Waals surface area contributed by atoms with Crippen LogP contribution in [-0.4, -0.2) is 22.2 Å². The van der Waals surface area contributed by atoms with Gasteiger partial charge in [-0.25, -0.2) is 14.5 Å². The lowest BCUT2D eigenvalue weighted by atomic mass is 10.2. The van der Waals surface area contributed by atoms with Gasteiger partial charge in [-0.15, -0.1) is 4.91 Å². The smallest absolute Gasteiger partial charge is 0.335 e. The van der Waals surface area contributed by atoms with Gasteiger partial charge in [0.2, 0.25) is 5.91 Å². The predicted molar refractivity (Wildman–Crippen MR) is 88.5 cm³/mol. The van der Waals surface area contributed by atoms with Crippen molar-refractivity contribution in [2.24, 2.45) is 11.1 Å². The molecule has 0 saturated carbocycles. The molecule has 9 nitrogen and oxygen atoms in total. The van der Waals surface area contributed by atoms with Gasteiger partial charge in [0, 0.05) is 5.56 Å². The van der Waals surface area contributed by atoms with Crippen LogP contribution >= 0.6 is 0 Å². The zero-order chi connectivity index (χ0) is 19.2. The molecule has 1 amide bonds. The maximum Gasteiger partial charge on any atom is 0.335 e. The van der Waals surface area contributed by atoms with Gasteiger partial charge in [0.15, 0.2) is 16.7 Å². The molecule has 0 unspecified atom stereocenters. The third-order valence-electron chi connectivity index (χ3n) is 2.52. The number of primary amides is 1. The van der Waals surface area contributed by atoms with E-state index in [4.69, 9.17) is 34.1 Å². The largest absolute Gasteiger partial charge is 0.478 e. The molecule has 0 atom stereocenters. The fraction of sp³-hybridized carbons (Fsp3) is 0. The Morgan fingerprint density at radius 3 is 1.44 bits per heavy atom. The Hall–Kier alpha value is -4.24. The topological polar surface area (TPSA) is 139 Å². The Morgan fingerprint density at radius 2 is 1.20 bits per heavy atom. The van der Waals surface area contributed by atoms with Gasteiger partial charge >= 0.3 is 5.97 Å². The van der Waals surface area contributed by atoms with Crippen molar-refractivity contribution in [3.8, 4) is 0 Å². The molecule has 126 valence electrons. The highest BCUT2D eigenvalue weighted by molar-refractivity contribution is 5.93. The number of hydrogen-bond acceptors (Lipinski definition) is 4. The zero-order valence-electron chi connectivity index (χ0n) is 12.7. The maximum absolute atomic E-state index is 10.5. The minimum Gasteiger partial charge on any atom is -0.478 e. The van der Waals surface area contributed by atoms with Crippen molar-refractivity contribution in [1.82, 2.24) is 0 Å². The molecule has 0 fully saturated rings. The summed E-state index contributed by atoms with van der Waals surface area (Å²) in [7, 11) is 0. The molecule has 9 heteroatoms. The first-order valence-corrected chi connectivity index (χ1v) is 6.34. The molecular formula is C16H12N4O5. The first kappa shape index (κ1) is 20.8. The van der Waals surface area contributed by atoms with Crippen LogP contribution in [0.4, 0.5) is 11.4 Å². The number of carboxylic acid groups (broad SMARTS) is 1. The Kier molecular flexibility index (Phi) is 9.42. The Morgan fingerprint density at radius 1 is 0.880 bits per heavy atom. The van der Waals surface area contributed by atoms with Crippen LogP contribution in [0.25, 0.3) is 9.69 Å². The highest BCUT2D eigenvalue weighted by Gasteiger charge is 2.00. The second-order valence-corrected chi connectivity index (χ2v) is 4.07. The van der Waals surface area contributed by atoms with Gasteiger partial charge in [0.05, 0.1) is 18.7 Å². The van der Waals surface area contributed by atoms with Crippen LogP contribution < -0.4 is 5.73 Å². The van der Waals surface area contributed by atoms with E-state index in [0.717, 1.165) is 0 Å². The number of hydrogen-bond donors (Lipinski definition) is 3. The molecule has 0 aromatic heterocycles. The number of amides is 1. The summed E-state index contributed by atoms with van der Waals surface area (Å²) in [5.74, 6) is -1.44. The van der Waals surface area contributed by atoms with E-state index in [-0.39, 0.29) is 5.56 Å². The molecule has 2 aromatic carbocycles. The molecular weight excluding hydrogens is 328 g/mol. The van der Waals surface area contributed by atoms with Gasteiger partial charge in [-0.3, -0.25) is 4.79 Å². The van der Waals surface area contributed by atoms with Gasteiger partial charge in [0.1, 0.15) is 0 Å². The van der Waals surface area contributed by atoms with Crippen molar-refractivity contribution in [3.05, 3.63) is 87.4 Å². The van der Waals surface area contributed by atoms with Crippen molar-refractivity contribution in [3.63, 3.8) is 0 Å². The van der Waals surface area contributed by atoms with Crippen LogP contribution in [0.5, 0.6) is 0 Å². The summed E-state index contributed by atoms with van der Waals surface area (Å²) in [6.07, 6.45) is 0. The molecule has 25 heavy (non-hydrogen) atoms. The number of carboxylic acids is 1. The molecule has 4 N–H and O–H groups in total. The summed E-state index contributed by atoms with van der Waals surface area (Å²) < 4.78 is 0. The predicted octanol–water partition coefficient (Wildman–Crippen LogP) is 3.41. The van der Waals surface area contributed by atoms with E-state index >= 15 is 0 Å². The van der Waals surface area contributed by atoms with Crippen LogP contribution in [0.3, 0.4) is 0 Å². The molecule has 0 saturated heterocycles. The van der Waals surface area contributed by atoms with E-state index in [0.29, 0.717) is 16.9 Å². The first-order chi connectivity index (χ1) is 11.9. The van der Waals surface area contributed by atoms with Crippen molar-refractivity contribution in [1.29, 1.82) is 0 Å². The van der Waals surface area contributed by atoms with Gasteiger partial charge in [-0.2, -0.15) is 0 Å². The first-order valence-electron chi connectivity index (χ1n) is 6.34. The summed E-state index contributed by atoms with van der Waals surface area (Å²) in [5, 5.41) is 16.4. The third kappa shape index (κ3) is 8.09. The van der Waals surface area contributed by atoms with E-state index in [1.807, 2.05) is 0 Å². The lowest BCUT2D eigenvalue weighted by Gasteiger charge is -1.92. The molecule has 2 rings (SSSR count). The molecule has 0 bridgehead atoms. The van der Waals surface area contributed by atoms with Crippen LogP contribution in [-0.2, 0) is 0 Å². The summed E-state index contributed by atoms with van der Waals surface area (Å²) in [6.45, 7) is 13.2. The second-order valence-electron chi connectivity index (χ2n) is 4.07. The standard InChI is InChI=1S/C8H6N2O.C8H5NO2.HNO2/c1-10-7-4-2-6(3-5-7)8(9)11;1-9-7-4-2-6(3-5-7)8(10)11;2-1-3/h2-5H,(H2,9,11);2-5H,(H,10,11);(H,2,3). The molecule has 0 aliphatic carbocycles. The average molecular weight is 340 g/mol. The van der Waals surface area contributed by atoms with Gasteiger partial charge < -0.3 is 16.0 Å². The number of carbonyl (C=O) groups excluding carboxylic acids is 1. The number of aromatic carboxylic acids is 1. The summed E-state index contributed by atoms with van der Waals surface area (Å²) in [5.41, 5.74) is 6.59. The summed E-state index contributed by atoms with van der Waals surface area (Å²) in [4.78, 5) is 35.3. The SMILES string of the molecule is O=NO.[C-]#[N+]c1ccc(C(=O)O)cc1.[C-]#[N+]c1ccc(C(N)=O)cc1. The lowest BCUT2D eigenvalue weighted by Crippen LogP contribution is -2.10. The number of rotatable bonds is 2. The molecule has 0 aliphatic heterocycles. The van der Waals surface area contributed by atoms with E-state index in [1.165, 1.54) is 41.7 Å². The Bertz CT molecular complexity index is 735. The summed E-state index contributed by atoms with van der Waals surface area (Å²) >= 11 is 0. The number of nitrogens with two attached hydrogens (primary N) is 1. The number of nitrogens with zero attached hydrogens (tertiary/aromatic N) is 3. The second kappa shape index (κ2) is 11.3. The summed E-state index contributed by atoms with van der Waals surface area (Å²) in [6, 6.07) is 12.0. The number of carbonyl (C=O) groups is 2. The van der Waals surface area contributed by atoms with Crippen LogP contribution in [0.2, 0.25) is 0 Å². The lowest BCUT2D eigenvalue weighted by molar-refractivity contribution is 0.0696. The van der Waals surface area contributed by atoms with E-state index < -0.39 is 11.9 Å². The van der Waals surface area contributed by atoms with Gasteiger partial charge in [0.25, 0.3) is 0 Å². The Balaban J connectivity index is 0.000000399. The van der Waals surface area contributed by atoms with Gasteiger partial charge in [-0.05, 0) is 0 Å². The molecule has 2 aromatic rings. The van der Waals surface area contributed by atoms with Crippen LogP contribution in [0.1, 0.15) is 20.7 Å². The fourth-order valence-electron chi connectivity index (χ4n) is 1.38. The monoisotopic (exact) mass is 340 g/mol. The molecule has 0 radical (unpaired) electrons. The average Bonchev–Trinajstić information content (AvgIpc) is 2.63. The van der Waals surface area contributed by atoms with E-state index in [1.54, 1.807) is 12.1 Å². The molecule has 0 heterocycles. The van der Waals surface area contributed by atoms with Crippen molar-refractivity contribution in [2.75, 3.05) is 0 Å². The molecule has 0 spiro atoms.